The molecule has 0 bridgehead atoms. The molecule has 7 heteroatoms. The number of guanidine groups is 1. The minimum atomic E-state index is -0.294. The maximum atomic E-state index is 12.8. The molecule has 1 fully saturated rings. The third kappa shape index (κ3) is 6.94. The van der Waals surface area contributed by atoms with Crippen molar-refractivity contribution in [2.45, 2.75) is 30.9 Å². The van der Waals surface area contributed by atoms with Gasteiger partial charge in [-0.2, -0.15) is 11.8 Å². The van der Waals surface area contributed by atoms with E-state index in [1.54, 1.807) is 19.2 Å². The molecule has 0 aliphatic carbocycles. The van der Waals surface area contributed by atoms with Crippen LogP contribution in [0.3, 0.4) is 0 Å². The summed E-state index contributed by atoms with van der Waals surface area (Å²) in [5.74, 6) is 1.61. The van der Waals surface area contributed by atoms with E-state index in [9.17, 15) is 9.18 Å². The van der Waals surface area contributed by atoms with Crippen LogP contribution in [0.2, 0.25) is 0 Å². The van der Waals surface area contributed by atoms with Gasteiger partial charge in [-0.25, -0.2) is 4.39 Å². The Kier molecular flexibility index (Phi) is 7.55. The average molecular weight is 367 g/mol. The molecule has 0 aromatic heterocycles. The first-order valence-corrected chi connectivity index (χ1v) is 9.59. The Morgan fingerprint density at radius 2 is 1.96 bits per heavy atom. The van der Waals surface area contributed by atoms with Gasteiger partial charge in [0.15, 0.2) is 5.96 Å². The number of halogens is 1. The van der Waals surface area contributed by atoms with Gasteiger partial charge >= 0.3 is 0 Å². The second-order valence-electron chi connectivity index (χ2n) is 6.41. The van der Waals surface area contributed by atoms with Crippen molar-refractivity contribution in [3.63, 3.8) is 0 Å². The third-order valence-corrected chi connectivity index (χ3v) is 5.71. The lowest BCUT2D eigenvalue weighted by Crippen LogP contribution is -2.45. The molecule has 1 heterocycles. The number of nitrogens with one attached hydrogen (secondary N) is 3. The Morgan fingerprint density at radius 1 is 1.24 bits per heavy atom. The number of hydrogen-bond donors (Lipinski definition) is 3. The van der Waals surface area contributed by atoms with Crippen LogP contribution in [0.4, 0.5) is 4.39 Å². The van der Waals surface area contributed by atoms with Crippen molar-refractivity contribution in [3.8, 4) is 0 Å². The van der Waals surface area contributed by atoms with E-state index in [0.717, 1.165) is 18.1 Å². The molecule has 1 amide bonds. The van der Waals surface area contributed by atoms with Gasteiger partial charge in [0.05, 0.1) is 6.42 Å². The van der Waals surface area contributed by atoms with E-state index in [0.29, 0.717) is 13.1 Å². The van der Waals surface area contributed by atoms with Crippen LogP contribution in [0, 0.1) is 5.82 Å². The summed E-state index contributed by atoms with van der Waals surface area (Å²) in [7, 11) is 1.74. The van der Waals surface area contributed by atoms with Gasteiger partial charge in [0.1, 0.15) is 5.82 Å². The topological polar surface area (TPSA) is 65.5 Å². The molecule has 5 nitrogen and oxygen atoms in total. The fraction of sp³-hybridized carbons (Fsp3) is 0.556. The smallest absolute Gasteiger partial charge is 0.224 e. The zero-order valence-corrected chi connectivity index (χ0v) is 15.7. The second-order valence-corrected chi connectivity index (χ2v) is 8.09. The Morgan fingerprint density at radius 3 is 2.60 bits per heavy atom. The normalized spacial score (nSPS) is 20.4. The van der Waals surface area contributed by atoms with Crippen molar-refractivity contribution in [1.29, 1.82) is 0 Å². The SMILES string of the molecule is CN=C(NCCNC(=O)Cc1ccc(F)cc1)NCC1(C)CCCS1. The predicted molar refractivity (Wildman–Crippen MR) is 103 cm³/mol. The molecule has 0 saturated carbocycles. The van der Waals surface area contributed by atoms with Crippen LogP contribution in [0.1, 0.15) is 25.3 Å². The molecule has 1 saturated heterocycles. The van der Waals surface area contributed by atoms with Crippen molar-refractivity contribution < 1.29 is 9.18 Å². The Bertz CT molecular complexity index is 585. The Labute approximate surface area is 153 Å². The highest BCUT2D eigenvalue weighted by Gasteiger charge is 2.29. The fourth-order valence-corrected chi connectivity index (χ4v) is 3.94. The standard InChI is InChI=1S/C18H27FN4OS/c1-18(8-3-11-25-18)13-23-17(20-2)22-10-9-21-16(24)12-14-4-6-15(19)7-5-14/h4-7H,3,8-13H2,1-2H3,(H,21,24)(H2,20,22,23). The van der Waals surface area contributed by atoms with Crippen molar-refractivity contribution >= 4 is 23.6 Å². The van der Waals surface area contributed by atoms with Gasteiger partial charge in [-0.3, -0.25) is 9.79 Å². The summed E-state index contributed by atoms with van der Waals surface area (Å²) in [4.78, 5) is 16.1. The minimum Gasteiger partial charge on any atom is -0.355 e. The molecule has 1 aromatic rings. The molecular formula is C18H27FN4OS. The van der Waals surface area contributed by atoms with Crippen molar-refractivity contribution in [2.75, 3.05) is 32.4 Å². The lowest BCUT2D eigenvalue weighted by molar-refractivity contribution is -0.120. The van der Waals surface area contributed by atoms with Crippen LogP contribution in [-0.4, -0.2) is 49.0 Å². The number of aliphatic imine (C=N–C) groups is 1. The number of carbonyl (C=O) groups is 1. The highest BCUT2D eigenvalue weighted by atomic mass is 32.2. The first-order valence-electron chi connectivity index (χ1n) is 8.60. The highest BCUT2D eigenvalue weighted by molar-refractivity contribution is 8.00. The zero-order chi connectivity index (χ0) is 18.1. The second kappa shape index (κ2) is 9.65. The third-order valence-electron chi connectivity index (χ3n) is 4.17. The van der Waals surface area contributed by atoms with Crippen LogP contribution in [-0.2, 0) is 11.2 Å². The summed E-state index contributed by atoms with van der Waals surface area (Å²) >= 11 is 2.01. The fourth-order valence-electron chi connectivity index (χ4n) is 2.70. The summed E-state index contributed by atoms with van der Waals surface area (Å²) in [5.41, 5.74) is 0.798. The van der Waals surface area contributed by atoms with Gasteiger partial charge < -0.3 is 16.0 Å². The number of thioether (sulfide) groups is 1. The van der Waals surface area contributed by atoms with Crippen molar-refractivity contribution in [3.05, 3.63) is 35.6 Å². The molecule has 3 N–H and O–H groups in total. The van der Waals surface area contributed by atoms with E-state index in [4.69, 9.17) is 0 Å². The van der Waals surface area contributed by atoms with E-state index in [-0.39, 0.29) is 22.9 Å². The van der Waals surface area contributed by atoms with Gasteiger partial charge in [0.2, 0.25) is 5.91 Å². The molecule has 0 spiro atoms. The number of benzene rings is 1. The number of rotatable bonds is 7. The number of carbonyl (C=O) groups excluding carboxylic acids is 1. The molecule has 0 radical (unpaired) electrons. The van der Waals surface area contributed by atoms with Crippen molar-refractivity contribution in [1.82, 2.24) is 16.0 Å². The van der Waals surface area contributed by atoms with E-state index >= 15 is 0 Å². The lowest BCUT2D eigenvalue weighted by atomic mass is 10.1. The van der Waals surface area contributed by atoms with Gasteiger partial charge in [0, 0.05) is 31.4 Å². The van der Waals surface area contributed by atoms with Gasteiger partial charge in [-0.05, 0) is 43.2 Å². The molecule has 1 unspecified atom stereocenters. The van der Waals surface area contributed by atoms with Gasteiger partial charge in [-0.1, -0.05) is 12.1 Å². The van der Waals surface area contributed by atoms with Crippen LogP contribution in [0.5, 0.6) is 0 Å². The van der Waals surface area contributed by atoms with Crippen LogP contribution < -0.4 is 16.0 Å². The molecule has 2 rings (SSSR count). The maximum Gasteiger partial charge on any atom is 0.224 e. The van der Waals surface area contributed by atoms with Gasteiger partial charge in [0.25, 0.3) is 0 Å². The molecule has 1 aliphatic rings. The Hall–Kier alpha value is -1.76. The minimum absolute atomic E-state index is 0.0776. The van der Waals surface area contributed by atoms with Gasteiger partial charge in [-0.15, -0.1) is 0 Å². The number of nitrogens with zero attached hydrogens (tertiary/aromatic N) is 1. The quantitative estimate of drug-likeness (QED) is 0.392. The largest absolute Gasteiger partial charge is 0.355 e. The monoisotopic (exact) mass is 366 g/mol. The maximum absolute atomic E-state index is 12.8. The molecule has 25 heavy (non-hydrogen) atoms. The van der Waals surface area contributed by atoms with E-state index in [1.165, 1.54) is 30.7 Å². The molecule has 1 aromatic carbocycles. The molecule has 1 aliphatic heterocycles. The van der Waals surface area contributed by atoms with Crippen LogP contribution in [0.15, 0.2) is 29.3 Å². The Balaban J connectivity index is 1.61. The molecule has 138 valence electrons. The summed E-state index contributed by atoms with van der Waals surface area (Å²) in [6, 6.07) is 5.98. The predicted octanol–water partition coefficient (Wildman–Crippen LogP) is 1.94. The van der Waals surface area contributed by atoms with Crippen LogP contribution >= 0.6 is 11.8 Å². The van der Waals surface area contributed by atoms with Crippen LogP contribution in [0.25, 0.3) is 0 Å². The summed E-state index contributed by atoms with van der Waals surface area (Å²) in [5, 5.41) is 9.41. The summed E-state index contributed by atoms with van der Waals surface area (Å²) < 4.78 is 13.1. The van der Waals surface area contributed by atoms with E-state index in [1.807, 2.05) is 11.8 Å². The molecule has 1 atom stereocenters. The van der Waals surface area contributed by atoms with Crippen molar-refractivity contribution in [2.24, 2.45) is 4.99 Å². The van der Waals surface area contributed by atoms with E-state index < -0.39 is 0 Å². The lowest BCUT2D eigenvalue weighted by Gasteiger charge is -2.24. The number of hydrogen-bond acceptors (Lipinski definition) is 3. The first kappa shape index (κ1) is 19.6. The summed E-state index contributed by atoms with van der Waals surface area (Å²) in [6.07, 6.45) is 2.75. The highest BCUT2D eigenvalue weighted by Crippen LogP contribution is 2.36. The molecular weight excluding hydrogens is 339 g/mol. The first-order chi connectivity index (χ1) is 12.0. The van der Waals surface area contributed by atoms with E-state index in [2.05, 4.69) is 27.9 Å². The average Bonchev–Trinajstić information content (AvgIpc) is 3.03. The number of amides is 1. The zero-order valence-electron chi connectivity index (χ0n) is 14.9. The summed E-state index contributed by atoms with van der Waals surface area (Å²) in [6.45, 7) is 4.26.